The zero-order valence-corrected chi connectivity index (χ0v) is 18.1. The van der Waals surface area contributed by atoms with E-state index in [2.05, 4.69) is 0 Å². The molecule has 0 bridgehead atoms. The van der Waals surface area contributed by atoms with Gasteiger partial charge < -0.3 is 20.1 Å². The quantitative estimate of drug-likeness (QED) is 0.339. The third-order valence-corrected chi connectivity index (χ3v) is 5.44. The van der Waals surface area contributed by atoms with Gasteiger partial charge in [-0.05, 0) is 65.8 Å². The SMILES string of the molecule is O=C(O)c1ccc(-c2ccc(OCCCCCCO)cc2CC(O)c2ccccc2)cc1. The zero-order chi connectivity index (χ0) is 22.8. The van der Waals surface area contributed by atoms with Gasteiger partial charge in [-0.25, -0.2) is 4.79 Å². The molecule has 3 N–H and O–H groups in total. The molecule has 5 nitrogen and oxygen atoms in total. The van der Waals surface area contributed by atoms with E-state index >= 15 is 0 Å². The molecule has 3 aromatic rings. The summed E-state index contributed by atoms with van der Waals surface area (Å²) in [6.07, 6.45) is 3.47. The summed E-state index contributed by atoms with van der Waals surface area (Å²) in [6, 6.07) is 22.1. The molecule has 0 spiro atoms. The van der Waals surface area contributed by atoms with Gasteiger partial charge in [0.15, 0.2) is 0 Å². The molecular weight excluding hydrogens is 404 g/mol. The van der Waals surface area contributed by atoms with Crippen LogP contribution in [-0.4, -0.2) is 34.5 Å². The molecule has 0 saturated heterocycles. The summed E-state index contributed by atoms with van der Waals surface area (Å²) >= 11 is 0. The van der Waals surface area contributed by atoms with Gasteiger partial charge in [-0.2, -0.15) is 0 Å². The van der Waals surface area contributed by atoms with Gasteiger partial charge >= 0.3 is 5.97 Å². The predicted octanol–water partition coefficient (Wildman–Crippen LogP) is 5.26. The van der Waals surface area contributed by atoms with Crippen LogP contribution in [0.1, 0.15) is 53.3 Å². The average Bonchev–Trinajstić information content (AvgIpc) is 2.82. The zero-order valence-electron chi connectivity index (χ0n) is 18.1. The van der Waals surface area contributed by atoms with E-state index in [0.29, 0.717) is 13.0 Å². The molecule has 0 aliphatic rings. The number of carbonyl (C=O) groups is 1. The van der Waals surface area contributed by atoms with Crippen LogP contribution in [0.2, 0.25) is 0 Å². The van der Waals surface area contributed by atoms with Gasteiger partial charge in [0.1, 0.15) is 5.75 Å². The van der Waals surface area contributed by atoms with Crippen LogP contribution in [0.15, 0.2) is 72.8 Å². The van der Waals surface area contributed by atoms with Gasteiger partial charge in [-0.3, -0.25) is 0 Å². The van der Waals surface area contributed by atoms with Crippen LogP contribution < -0.4 is 4.74 Å². The number of rotatable bonds is 12. The first-order valence-electron chi connectivity index (χ1n) is 11.0. The highest BCUT2D eigenvalue weighted by molar-refractivity contribution is 5.88. The van der Waals surface area contributed by atoms with E-state index in [4.69, 9.17) is 9.84 Å². The lowest BCUT2D eigenvalue weighted by molar-refractivity contribution is 0.0697. The number of hydrogen-bond acceptors (Lipinski definition) is 4. The Labute approximate surface area is 188 Å². The summed E-state index contributed by atoms with van der Waals surface area (Å²) in [5, 5.41) is 28.8. The van der Waals surface area contributed by atoms with Crippen LogP contribution in [0, 0.1) is 0 Å². The Kier molecular flexibility index (Phi) is 8.84. The van der Waals surface area contributed by atoms with Crippen LogP contribution in [-0.2, 0) is 6.42 Å². The van der Waals surface area contributed by atoms with Gasteiger partial charge in [0.2, 0.25) is 0 Å². The van der Waals surface area contributed by atoms with E-state index in [9.17, 15) is 15.0 Å². The molecule has 3 aromatic carbocycles. The highest BCUT2D eigenvalue weighted by atomic mass is 16.5. The number of unbranched alkanes of at least 4 members (excludes halogenated alkanes) is 3. The Hall–Kier alpha value is -3.15. The second kappa shape index (κ2) is 12.0. The lowest BCUT2D eigenvalue weighted by Gasteiger charge is -2.17. The maximum absolute atomic E-state index is 11.2. The lowest BCUT2D eigenvalue weighted by atomic mass is 9.93. The van der Waals surface area contributed by atoms with Gasteiger partial charge in [0, 0.05) is 13.0 Å². The van der Waals surface area contributed by atoms with Crippen molar-refractivity contribution in [2.24, 2.45) is 0 Å². The number of hydrogen-bond donors (Lipinski definition) is 3. The van der Waals surface area contributed by atoms with Crippen LogP contribution in [0.4, 0.5) is 0 Å². The molecular formula is C27H30O5. The molecule has 168 valence electrons. The summed E-state index contributed by atoms with van der Waals surface area (Å²) in [5.41, 5.74) is 3.84. The number of benzene rings is 3. The topological polar surface area (TPSA) is 87.0 Å². The second-order valence-electron chi connectivity index (χ2n) is 7.82. The third-order valence-electron chi connectivity index (χ3n) is 5.44. The first-order chi connectivity index (χ1) is 15.6. The first kappa shape index (κ1) is 23.5. The van der Waals surface area contributed by atoms with Crippen LogP contribution in [0.3, 0.4) is 0 Å². The standard InChI is InChI=1S/C27H30O5/c28-16-6-1-2-7-17-32-24-14-15-25(20-10-12-22(13-11-20)27(30)31)23(18-24)19-26(29)21-8-4-3-5-9-21/h3-5,8-15,18,26,28-29H,1-2,6-7,16-17,19H2,(H,30,31). The van der Waals surface area contributed by atoms with Crippen LogP contribution >= 0.6 is 0 Å². The van der Waals surface area contributed by atoms with Gasteiger partial charge in [0.25, 0.3) is 0 Å². The number of carboxylic acids is 1. The van der Waals surface area contributed by atoms with Crippen molar-refractivity contribution >= 4 is 5.97 Å². The number of aliphatic hydroxyl groups excluding tert-OH is 2. The molecule has 1 unspecified atom stereocenters. The Morgan fingerprint density at radius 3 is 2.28 bits per heavy atom. The fourth-order valence-corrected chi connectivity index (χ4v) is 3.66. The Morgan fingerprint density at radius 1 is 0.875 bits per heavy atom. The van der Waals surface area contributed by atoms with Crippen molar-refractivity contribution in [3.63, 3.8) is 0 Å². The maximum atomic E-state index is 11.2. The Morgan fingerprint density at radius 2 is 1.59 bits per heavy atom. The van der Waals surface area contributed by atoms with E-state index in [-0.39, 0.29) is 12.2 Å². The average molecular weight is 435 g/mol. The molecule has 0 aliphatic heterocycles. The minimum atomic E-state index is -0.959. The largest absolute Gasteiger partial charge is 0.494 e. The highest BCUT2D eigenvalue weighted by Crippen LogP contribution is 2.31. The number of ether oxygens (including phenoxy) is 1. The van der Waals surface area contributed by atoms with Crippen molar-refractivity contribution in [3.05, 3.63) is 89.5 Å². The number of aliphatic hydroxyl groups is 2. The van der Waals surface area contributed by atoms with Crippen LogP contribution in [0.5, 0.6) is 5.75 Å². The van der Waals surface area contributed by atoms with Crippen LogP contribution in [0.25, 0.3) is 11.1 Å². The van der Waals surface area contributed by atoms with E-state index in [1.165, 1.54) is 0 Å². The number of aromatic carboxylic acids is 1. The lowest BCUT2D eigenvalue weighted by Crippen LogP contribution is -2.04. The summed E-state index contributed by atoms with van der Waals surface area (Å²) in [6.45, 7) is 0.821. The highest BCUT2D eigenvalue weighted by Gasteiger charge is 2.14. The molecule has 0 amide bonds. The van der Waals surface area contributed by atoms with Crippen molar-refractivity contribution in [1.29, 1.82) is 0 Å². The third kappa shape index (κ3) is 6.67. The van der Waals surface area contributed by atoms with Gasteiger partial charge in [-0.15, -0.1) is 0 Å². The van der Waals surface area contributed by atoms with E-state index in [1.54, 1.807) is 24.3 Å². The molecule has 0 aromatic heterocycles. The summed E-state index contributed by atoms with van der Waals surface area (Å²) in [4.78, 5) is 11.2. The second-order valence-corrected chi connectivity index (χ2v) is 7.82. The summed E-state index contributed by atoms with van der Waals surface area (Å²) < 4.78 is 5.93. The van der Waals surface area contributed by atoms with Crippen molar-refractivity contribution < 1.29 is 24.9 Å². The Bertz CT molecular complexity index is 983. The smallest absolute Gasteiger partial charge is 0.335 e. The number of carboxylic acid groups (broad SMARTS) is 1. The van der Waals surface area contributed by atoms with E-state index in [1.807, 2.05) is 48.5 Å². The fourth-order valence-electron chi connectivity index (χ4n) is 3.66. The van der Waals surface area contributed by atoms with Crippen molar-refractivity contribution in [3.8, 4) is 16.9 Å². The van der Waals surface area contributed by atoms with Crippen molar-refractivity contribution in [2.45, 2.75) is 38.2 Å². The first-order valence-corrected chi connectivity index (χ1v) is 11.0. The van der Waals surface area contributed by atoms with E-state index in [0.717, 1.165) is 53.7 Å². The summed E-state index contributed by atoms with van der Waals surface area (Å²) in [5.74, 6) is -0.215. The monoisotopic (exact) mass is 434 g/mol. The molecule has 1 atom stereocenters. The van der Waals surface area contributed by atoms with E-state index < -0.39 is 12.1 Å². The molecule has 0 saturated carbocycles. The molecule has 3 rings (SSSR count). The molecule has 0 heterocycles. The maximum Gasteiger partial charge on any atom is 0.335 e. The molecule has 0 fully saturated rings. The molecule has 0 aliphatic carbocycles. The molecule has 0 radical (unpaired) electrons. The van der Waals surface area contributed by atoms with Gasteiger partial charge in [0.05, 0.1) is 18.3 Å². The summed E-state index contributed by atoms with van der Waals surface area (Å²) in [7, 11) is 0. The van der Waals surface area contributed by atoms with Crippen molar-refractivity contribution in [2.75, 3.05) is 13.2 Å². The predicted molar refractivity (Wildman–Crippen MR) is 125 cm³/mol. The normalized spacial score (nSPS) is 11.8. The van der Waals surface area contributed by atoms with Gasteiger partial charge in [-0.1, -0.05) is 55.0 Å². The minimum Gasteiger partial charge on any atom is -0.494 e. The molecule has 32 heavy (non-hydrogen) atoms. The fraction of sp³-hybridized carbons (Fsp3) is 0.296. The molecule has 5 heteroatoms. The Balaban J connectivity index is 1.80. The van der Waals surface area contributed by atoms with Crippen molar-refractivity contribution in [1.82, 2.24) is 0 Å². The minimum absolute atomic E-state index is 0.225.